The average Bonchev–Trinajstić information content (AvgIpc) is 2.06. The number of hydrogen-bond acceptors (Lipinski definition) is 1. The minimum Gasteiger partial charge on any atom is -0.298 e. The first-order chi connectivity index (χ1) is 5.38. The molecule has 1 aromatic carbocycles. The Morgan fingerprint density at radius 3 is 2.36 bits per heavy atom. The lowest BCUT2D eigenvalue weighted by molar-refractivity contribution is 0.112. The zero-order valence-corrected chi connectivity index (χ0v) is 7.99. The van der Waals surface area contributed by atoms with Crippen LogP contribution >= 0.6 is 22.6 Å². The van der Waals surface area contributed by atoms with Gasteiger partial charge in [-0.25, -0.2) is 0 Å². The van der Waals surface area contributed by atoms with Crippen molar-refractivity contribution in [2.45, 2.75) is 0 Å². The number of rotatable bonds is 2. The van der Waals surface area contributed by atoms with Gasteiger partial charge in [-0.05, 0) is 15.7 Å². The van der Waals surface area contributed by atoms with Gasteiger partial charge in [-0.2, -0.15) is 0 Å². The SMILES string of the molecule is O=Cc1ccccc1/C=C/I. The van der Waals surface area contributed by atoms with Crippen molar-refractivity contribution in [1.29, 1.82) is 0 Å². The van der Waals surface area contributed by atoms with Crippen LogP contribution in [0.4, 0.5) is 0 Å². The van der Waals surface area contributed by atoms with E-state index in [0.29, 0.717) is 0 Å². The maximum absolute atomic E-state index is 10.5. The molecule has 0 heterocycles. The van der Waals surface area contributed by atoms with E-state index in [-0.39, 0.29) is 0 Å². The molecule has 0 N–H and O–H groups in total. The molecule has 56 valence electrons. The van der Waals surface area contributed by atoms with Crippen LogP contribution < -0.4 is 0 Å². The topological polar surface area (TPSA) is 17.1 Å². The van der Waals surface area contributed by atoms with Gasteiger partial charge < -0.3 is 0 Å². The molecule has 0 radical (unpaired) electrons. The van der Waals surface area contributed by atoms with Crippen LogP contribution in [0.3, 0.4) is 0 Å². The molecule has 0 saturated carbocycles. The highest BCUT2D eigenvalue weighted by atomic mass is 127. The summed E-state index contributed by atoms with van der Waals surface area (Å²) in [7, 11) is 0. The minimum absolute atomic E-state index is 0.736. The van der Waals surface area contributed by atoms with Crippen molar-refractivity contribution >= 4 is 35.0 Å². The van der Waals surface area contributed by atoms with Crippen LogP contribution in [0.2, 0.25) is 0 Å². The summed E-state index contributed by atoms with van der Waals surface area (Å²) < 4.78 is 1.89. The molecular formula is C9H7IO. The molecule has 1 aromatic rings. The lowest BCUT2D eigenvalue weighted by Crippen LogP contribution is -1.83. The second-order valence-electron chi connectivity index (χ2n) is 2.04. The summed E-state index contributed by atoms with van der Waals surface area (Å²) in [5, 5.41) is 0. The van der Waals surface area contributed by atoms with Crippen LogP contribution in [0.5, 0.6) is 0 Å². The highest BCUT2D eigenvalue weighted by Crippen LogP contribution is 2.08. The normalized spacial score (nSPS) is 10.3. The van der Waals surface area contributed by atoms with Gasteiger partial charge in [-0.1, -0.05) is 46.9 Å². The first kappa shape index (κ1) is 8.46. The number of benzene rings is 1. The monoisotopic (exact) mass is 258 g/mol. The molecule has 0 fully saturated rings. The fourth-order valence-corrected chi connectivity index (χ4v) is 1.23. The van der Waals surface area contributed by atoms with Gasteiger partial charge in [0.15, 0.2) is 6.29 Å². The molecule has 0 unspecified atom stereocenters. The van der Waals surface area contributed by atoms with E-state index in [4.69, 9.17) is 0 Å². The number of carbonyl (C=O) groups is 1. The van der Waals surface area contributed by atoms with Gasteiger partial charge in [0, 0.05) is 5.56 Å². The first-order valence-corrected chi connectivity index (χ1v) is 4.44. The van der Waals surface area contributed by atoms with Crippen molar-refractivity contribution in [2.75, 3.05) is 0 Å². The smallest absolute Gasteiger partial charge is 0.150 e. The Balaban J connectivity index is 3.11. The van der Waals surface area contributed by atoms with E-state index < -0.39 is 0 Å². The molecule has 0 atom stereocenters. The van der Waals surface area contributed by atoms with Gasteiger partial charge in [0.2, 0.25) is 0 Å². The molecule has 2 heteroatoms. The third-order valence-corrected chi connectivity index (χ3v) is 1.73. The molecule has 11 heavy (non-hydrogen) atoms. The number of aldehydes is 1. The van der Waals surface area contributed by atoms with E-state index in [1.165, 1.54) is 0 Å². The average molecular weight is 258 g/mol. The van der Waals surface area contributed by atoms with E-state index in [2.05, 4.69) is 22.6 Å². The van der Waals surface area contributed by atoms with Crippen LogP contribution in [0.25, 0.3) is 6.08 Å². The fourth-order valence-electron chi connectivity index (χ4n) is 0.838. The molecule has 0 amide bonds. The summed E-state index contributed by atoms with van der Waals surface area (Å²) in [5.41, 5.74) is 1.71. The molecule has 0 aromatic heterocycles. The zero-order chi connectivity index (χ0) is 8.10. The number of halogens is 1. The molecule has 1 rings (SSSR count). The third-order valence-electron chi connectivity index (χ3n) is 1.37. The maximum atomic E-state index is 10.5. The summed E-state index contributed by atoms with van der Waals surface area (Å²) in [6, 6.07) is 7.49. The third kappa shape index (κ3) is 2.15. The highest BCUT2D eigenvalue weighted by molar-refractivity contribution is 14.1. The largest absolute Gasteiger partial charge is 0.298 e. The second-order valence-corrected chi connectivity index (χ2v) is 2.76. The van der Waals surface area contributed by atoms with E-state index >= 15 is 0 Å². The summed E-state index contributed by atoms with van der Waals surface area (Å²) >= 11 is 2.13. The number of carbonyl (C=O) groups excluding carboxylic acids is 1. The van der Waals surface area contributed by atoms with Crippen molar-refractivity contribution < 1.29 is 4.79 Å². The van der Waals surface area contributed by atoms with Crippen molar-refractivity contribution in [3.8, 4) is 0 Å². The predicted molar refractivity (Wildman–Crippen MR) is 54.9 cm³/mol. The van der Waals surface area contributed by atoms with Crippen LogP contribution in [-0.2, 0) is 0 Å². The quantitative estimate of drug-likeness (QED) is 0.588. The van der Waals surface area contributed by atoms with Gasteiger partial charge >= 0.3 is 0 Å². The van der Waals surface area contributed by atoms with E-state index in [9.17, 15) is 4.79 Å². The van der Waals surface area contributed by atoms with Gasteiger partial charge in [0.25, 0.3) is 0 Å². The van der Waals surface area contributed by atoms with Crippen LogP contribution in [0.1, 0.15) is 15.9 Å². The second kappa shape index (κ2) is 4.28. The van der Waals surface area contributed by atoms with Crippen molar-refractivity contribution in [1.82, 2.24) is 0 Å². The number of hydrogen-bond donors (Lipinski definition) is 0. The Kier molecular flexibility index (Phi) is 3.29. The van der Waals surface area contributed by atoms with Crippen LogP contribution in [-0.4, -0.2) is 6.29 Å². The van der Waals surface area contributed by atoms with Crippen LogP contribution in [0, 0.1) is 0 Å². The highest BCUT2D eigenvalue weighted by Gasteiger charge is 1.93. The molecule has 0 bridgehead atoms. The Morgan fingerprint density at radius 1 is 1.18 bits per heavy atom. The van der Waals surface area contributed by atoms with E-state index in [1.54, 1.807) is 6.07 Å². The first-order valence-electron chi connectivity index (χ1n) is 3.19. The molecule has 0 aliphatic rings. The standard InChI is InChI=1S/C9H7IO/c10-6-5-8-3-1-2-4-9(8)7-11/h1-7H/b6-5+. The van der Waals surface area contributed by atoms with Gasteiger partial charge in [0.05, 0.1) is 0 Å². The molecule has 0 aliphatic heterocycles. The molecule has 1 nitrogen and oxygen atoms in total. The van der Waals surface area contributed by atoms with Gasteiger partial charge in [0.1, 0.15) is 0 Å². The summed E-state index contributed by atoms with van der Waals surface area (Å²) in [4.78, 5) is 10.5. The lowest BCUT2D eigenvalue weighted by atomic mass is 10.1. The van der Waals surface area contributed by atoms with Crippen LogP contribution in [0.15, 0.2) is 28.3 Å². The Bertz CT molecular complexity index is 279. The summed E-state index contributed by atoms with van der Waals surface area (Å²) in [6.45, 7) is 0. The van der Waals surface area contributed by atoms with E-state index in [1.807, 2.05) is 28.4 Å². The lowest BCUT2D eigenvalue weighted by Gasteiger charge is -1.94. The zero-order valence-electron chi connectivity index (χ0n) is 5.83. The van der Waals surface area contributed by atoms with Gasteiger partial charge in [-0.3, -0.25) is 4.79 Å². The van der Waals surface area contributed by atoms with E-state index in [0.717, 1.165) is 17.4 Å². The Morgan fingerprint density at radius 2 is 1.82 bits per heavy atom. The molecule has 0 spiro atoms. The van der Waals surface area contributed by atoms with Crippen molar-refractivity contribution in [3.63, 3.8) is 0 Å². The molecule has 0 saturated heterocycles. The minimum atomic E-state index is 0.736. The molecular weight excluding hydrogens is 251 g/mol. The maximum Gasteiger partial charge on any atom is 0.150 e. The fraction of sp³-hybridized carbons (Fsp3) is 0. The summed E-state index contributed by atoms with van der Waals surface area (Å²) in [6.07, 6.45) is 2.77. The predicted octanol–water partition coefficient (Wildman–Crippen LogP) is 2.90. The summed E-state index contributed by atoms with van der Waals surface area (Å²) in [5.74, 6) is 0. The van der Waals surface area contributed by atoms with Crippen molar-refractivity contribution in [3.05, 3.63) is 39.5 Å². The Labute approximate surface area is 79.3 Å². The van der Waals surface area contributed by atoms with Crippen molar-refractivity contribution in [2.24, 2.45) is 0 Å². The Hall–Kier alpha value is -0.640. The van der Waals surface area contributed by atoms with Gasteiger partial charge in [-0.15, -0.1) is 0 Å². The molecule has 0 aliphatic carbocycles.